The van der Waals surface area contributed by atoms with Crippen molar-refractivity contribution in [3.05, 3.63) is 33.6 Å². The van der Waals surface area contributed by atoms with Gasteiger partial charge < -0.3 is 4.90 Å². The van der Waals surface area contributed by atoms with Crippen molar-refractivity contribution in [3.63, 3.8) is 0 Å². The Balaban J connectivity index is 2.44. The van der Waals surface area contributed by atoms with Crippen LogP contribution in [0.25, 0.3) is 0 Å². The molecule has 0 N–H and O–H groups in total. The van der Waals surface area contributed by atoms with Crippen LogP contribution in [0.1, 0.15) is 20.8 Å². The first kappa shape index (κ1) is 16.4. The van der Waals surface area contributed by atoms with E-state index in [0.717, 1.165) is 0 Å². The molecule has 9 heteroatoms. The van der Waals surface area contributed by atoms with Gasteiger partial charge in [-0.2, -0.15) is 0 Å². The molecule has 2 heterocycles. The molecular formula is C13H19ClN6O2. The number of nitrogens with zero attached hydrogens (tertiary/aromatic N) is 6. The van der Waals surface area contributed by atoms with Crippen LogP contribution in [0.3, 0.4) is 0 Å². The van der Waals surface area contributed by atoms with Gasteiger partial charge in [-0.1, -0.05) is 11.6 Å². The summed E-state index contributed by atoms with van der Waals surface area (Å²) in [6.07, 6.45) is 1.58. The molecule has 1 fully saturated rings. The van der Waals surface area contributed by atoms with Gasteiger partial charge in [0.25, 0.3) is 5.96 Å². The fourth-order valence-corrected chi connectivity index (χ4v) is 2.55. The number of aromatic nitrogens is 1. The van der Waals surface area contributed by atoms with E-state index in [1.165, 1.54) is 0 Å². The lowest BCUT2D eigenvalue weighted by atomic mass is 10.2. The Labute approximate surface area is 134 Å². The number of pyridine rings is 1. The zero-order chi connectivity index (χ0) is 16.4. The number of hydrazone groups is 1. The quantitative estimate of drug-likeness (QED) is 0.480. The van der Waals surface area contributed by atoms with Crippen LogP contribution < -0.4 is 4.90 Å². The van der Waals surface area contributed by atoms with E-state index >= 15 is 0 Å². The molecule has 0 aliphatic carbocycles. The lowest BCUT2D eigenvalue weighted by Crippen LogP contribution is -2.64. The summed E-state index contributed by atoms with van der Waals surface area (Å²) in [4.78, 5) is 20.7. The second-order valence-electron chi connectivity index (χ2n) is 5.40. The monoisotopic (exact) mass is 326 g/mol. The highest BCUT2D eigenvalue weighted by Gasteiger charge is 2.36. The third-order valence-corrected chi connectivity index (χ3v) is 3.98. The van der Waals surface area contributed by atoms with Crippen molar-refractivity contribution in [2.45, 2.75) is 33.0 Å². The molecule has 0 amide bonds. The first-order valence-corrected chi connectivity index (χ1v) is 7.29. The van der Waals surface area contributed by atoms with Gasteiger partial charge in [-0.3, -0.25) is 9.80 Å². The lowest BCUT2D eigenvalue weighted by molar-refractivity contribution is -0.486. The summed E-state index contributed by atoms with van der Waals surface area (Å²) in [6, 6.07) is 3.70. The van der Waals surface area contributed by atoms with Crippen LogP contribution in [-0.4, -0.2) is 51.7 Å². The minimum atomic E-state index is -0.681. The van der Waals surface area contributed by atoms with Crippen LogP contribution >= 0.6 is 11.6 Å². The molecular weight excluding hydrogens is 308 g/mol. The van der Waals surface area contributed by atoms with Crippen molar-refractivity contribution in [1.29, 1.82) is 0 Å². The minimum Gasteiger partial charge on any atom is -0.325 e. The molecule has 22 heavy (non-hydrogen) atoms. The summed E-state index contributed by atoms with van der Waals surface area (Å²) >= 11 is 5.81. The highest BCUT2D eigenvalue weighted by atomic mass is 35.5. The molecule has 120 valence electrons. The minimum absolute atomic E-state index is 0.00444. The van der Waals surface area contributed by atoms with E-state index in [9.17, 15) is 10.1 Å². The number of anilines is 1. The largest absolute Gasteiger partial charge is 0.325 e. The van der Waals surface area contributed by atoms with E-state index < -0.39 is 5.03 Å². The van der Waals surface area contributed by atoms with Gasteiger partial charge in [-0.15, -0.1) is 0 Å². The smallest absolute Gasteiger partial charge is 0.280 e. The number of hydrogen-bond donors (Lipinski definition) is 0. The van der Waals surface area contributed by atoms with Gasteiger partial charge in [0.1, 0.15) is 10.3 Å². The van der Waals surface area contributed by atoms with Gasteiger partial charge in [0.2, 0.25) is 0 Å². The van der Waals surface area contributed by atoms with E-state index in [-0.39, 0.29) is 18.2 Å². The average Bonchev–Trinajstić information content (AvgIpc) is 2.44. The van der Waals surface area contributed by atoms with Gasteiger partial charge in [0.05, 0.1) is 24.7 Å². The maximum absolute atomic E-state index is 10.9. The number of rotatable bonds is 3. The highest BCUT2D eigenvalue weighted by molar-refractivity contribution is 6.29. The van der Waals surface area contributed by atoms with Crippen molar-refractivity contribution >= 4 is 23.2 Å². The average molecular weight is 327 g/mol. The molecule has 1 aromatic rings. The normalized spacial score (nSPS) is 21.7. The van der Waals surface area contributed by atoms with Crippen molar-refractivity contribution in [2.75, 3.05) is 18.6 Å². The molecule has 0 radical (unpaired) electrons. The maximum atomic E-state index is 10.9. The maximum Gasteiger partial charge on any atom is 0.280 e. The SMILES string of the molecule is CC(C)N1CN(c2ccc(Cl)nc2)C(=N[N+](=O)[O-])N(C)C1C. The first-order valence-electron chi connectivity index (χ1n) is 6.92. The Bertz CT molecular complexity index is 576. The Morgan fingerprint density at radius 3 is 2.68 bits per heavy atom. The molecule has 1 aliphatic heterocycles. The Hall–Kier alpha value is -1.93. The van der Waals surface area contributed by atoms with E-state index in [4.69, 9.17) is 11.6 Å². The summed E-state index contributed by atoms with van der Waals surface area (Å²) in [5.74, 6) is 0.276. The van der Waals surface area contributed by atoms with Crippen LogP contribution in [0.5, 0.6) is 0 Å². The van der Waals surface area contributed by atoms with Crippen LogP contribution in [0.4, 0.5) is 5.69 Å². The van der Waals surface area contributed by atoms with Crippen LogP contribution in [0.15, 0.2) is 23.4 Å². The van der Waals surface area contributed by atoms with Crippen molar-refractivity contribution in [3.8, 4) is 0 Å². The van der Waals surface area contributed by atoms with Crippen molar-refractivity contribution in [2.24, 2.45) is 5.10 Å². The van der Waals surface area contributed by atoms with Crippen LogP contribution in [0.2, 0.25) is 5.15 Å². The van der Waals surface area contributed by atoms with Gasteiger partial charge in [0.15, 0.2) is 5.03 Å². The zero-order valence-electron chi connectivity index (χ0n) is 13.0. The van der Waals surface area contributed by atoms with E-state index in [1.807, 2.05) is 6.92 Å². The van der Waals surface area contributed by atoms with Crippen LogP contribution in [0, 0.1) is 10.1 Å². The van der Waals surface area contributed by atoms with E-state index in [0.29, 0.717) is 17.5 Å². The molecule has 1 aromatic heterocycles. The number of halogens is 1. The van der Waals surface area contributed by atoms with Crippen LogP contribution in [-0.2, 0) is 0 Å². The van der Waals surface area contributed by atoms with Gasteiger partial charge in [0, 0.05) is 13.1 Å². The number of hydrogen-bond acceptors (Lipinski definition) is 4. The lowest BCUT2D eigenvalue weighted by Gasteiger charge is -2.48. The summed E-state index contributed by atoms with van der Waals surface area (Å²) in [6.45, 7) is 6.64. The Morgan fingerprint density at radius 2 is 2.18 bits per heavy atom. The van der Waals surface area contributed by atoms with Crippen molar-refractivity contribution < 1.29 is 5.03 Å². The zero-order valence-corrected chi connectivity index (χ0v) is 13.7. The summed E-state index contributed by atoms with van der Waals surface area (Å²) in [7, 11) is 1.79. The molecule has 0 saturated carbocycles. The predicted molar refractivity (Wildman–Crippen MR) is 85.2 cm³/mol. The molecule has 1 aliphatic rings. The molecule has 1 unspecified atom stereocenters. The fraction of sp³-hybridized carbons (Fsp3) is 0.538. The van der Waals surface area contributed by atoms with Gasteiger partial charge in [-0.05, 0) is 32.9 Å². The standard InChI is InChI=1S/C13H19ClN6O2/c1-9(2)18-8-19(11-5-6-12(14)15-7-11)13(16-20(21)22)17(4)10(18)3/h5-7,9-10H,8H2,1-4H3. The fourth-order valence-electron chi connectivity index (χ4n) is 2.44. The molecule has 1 atom stereocenters. The highest BCUT2D eigenvalue weighted by Crippen LogP contribution is 2.24. The Kier molecular flexibility index (Phi) is 4.82. The summed E-state index contributed by atoms with van der Waals surface area (Å²) < 4.78 is 0. The molecule has 0 bridgehead atoms. The summed E-state index contributed by atoms with van der Waals surface area (Å²) in [5.41, 5.74) is 0.703. The van der Waals surface area contributed by atoms with Gasteiger partial charge >= 0.3 is 0 Å². The predicted octanol–water partition coefficient (Wildman–Crippen LogP) is 2.05. The molecule has 0 aromatic carbocycles. The summed E-state index contributed by atoms with van der Waals surface area (Å²) in [5, 5.41) is 14.1. The Morgan fingerprint density at radius 1 is 1.50 bits per heavy atom. The second-order valence-corrected chi connectivity index (χ2v) is 5.78. The number of nitro groups is 1. The molecule has 0 spiro atoms. The molecule has 2 rings (SSSR count). The molecule has 1 saturated heterocycles. The van der Waals surface area contributed by atoms with E-state index in [1.54, 1.807) is 35.2 Å². The third kappa shape index (κ3) is 3.28. The molecule has 8 nitrogen and oxygen atoms in total. The topological polar surface area (TPSA) is 78.1 Å². The second kappa shape index (κ2) is 6.45. The van der Waals surface area contributed by atoms with Crippen molar-refractivity contribution in [1.82, 2.24) is 14.8 Å². The van der Waals surface area contributed by atoms with Gasteiger partial charge in [-0.25, -0.2) is 15.1 Å². The third-order valence-electron chi connectivity index (χ3n) is 3.76. The number of guanidine groups is 1. The first-order chi connectivity index (χ1) is 10.3. The van der Waals surface area contributed by atoms with E-state index in [2.05, 4.69) is 28.8 Å².